The average molecular weight is 269 g/mol. The lowest BCUT2D eigenvalue weighted by Crippen LogP contribution is -2.10. The zero-order valence-corrected chi connectivity index (χ0v) is 10.3. The minimum atomic E-state index is -0.0348. The fourth-order valence-corrected chi connectivity index (χ4v) is 2.28. The highest BCUT2D eigenvalue weighted by Gasteiger charge is 2.25. The number of nitrogen functional groups attached to an aromatic ring is 1. The van der Waals surface area contributed by atoms with Crippen molar-refractivity contribution in [2.75, 3.05) is 17.7 Å². The molecule has 96 valence electrons. The Balaban J connectivity index is 2.37. The summed E-state index contributed by atoms with van der Waals surface area (Å²) in [5, 5.41) is 11.7. The van der Waals surface area contributed by atoms with Crippen molar-refractivity contribution >= 4 is 29.6 Å². The molecule has 0 saturated carbocycles. The van der Waals surface area contributed by atoms with Crippen molar-refractivity contribution in [3.8, 4) is 0 Å². The standard InChI is InChI=1S/C11H13ClN4O2/c12-10-9(14-5-18)8(15-11(13)16-10)7-2-1-6(3-7)4-17/h1-2,5-7,17H,3-4H2,(H,14,18)(H2,13,15,16)/t6-,7+/m0/s1. The summed E-state index contributed by atoms with van der Waals surface area (Å²) in [5.41, 5.74) is 6.51. The molecule has 2 rings (SSSR count). The first-order valence-corrected chi connectivity index (χ1v) is 5.85. The average Bonchev–Trinajstić information content (AvgIpc) is 2.81. The Labute approximate surface area is 109 Å². The maximum absolute atomic E-state index is 10.6. The summed E-state index contributed by atoms with van der Waals surface area (Å²) < 4.78 is 0. The van der Waals surface area contributed by atoms with Crippen molar-refractivity contribution in [3.05, 3.63) is 23.0 Å². The lowest BCUT2D eigenvalue weighted by atomic mass is 9.99. The van der Waals surface area contributed by atoms with Crippen LogP contribution in [0.5, 0.6) is 0 Å². The second kappa shape index (κ2) is 5.32. The molecule has 4 N–H and O–H groups in total. The van der Waals surface area contributed by atoms with Crippen molar-refractivity contribution in [3.63, 3.8) is 0 Å². The summed E-state index contributed by atoms with van der Waals surface area (Å²) >= 11 is 5.94. The number of aliphatic hydroxyl groups is 1. The molecule has 0 radical (unpaired) electrons. The Morgan fingerprint density at radius 1 is 1.56 bits per heavy atom. The number of allylic oxidation sites excluding steroid dienone is 1. The zero-order valence-electron chi connectivity index (χ0n) is 9.51. The monoisotopic (exact) mass is 268 g/mol. The van der Waals surface area contributed by atoms with E-state index < -0.39 is 0 Å². The van der Waals surface area contributed by atoms with E-state index in [1.807, 2.05) is 12.2 Å². The maximum atomic E-state index is 10.6. The van der Waals surface area contributed by atoms with Gasteiger partial charge in [-0.1, -0.05) is 23.8 Å². The molecule has 1 aliphatic rings. The molecule has 1 heterocycles. The van der Waals surface area contributed by atoms with E-state index >= 15 is 0 Å². The zero-order chi connectivity index (χ0) is 13.1. The van der Waals surface area contributed by atoms with Gasteiger partial charge in [0.15, 0.2) is 5.15 Å². The summed E-state index contributed by atoms with van der Waals surface area (Å²) in [7, 11) is 0. The van der Waals surface area contributed by atoms with Crippen LogP contribution in [0, 0.1) is 5.92 Å². The quantitative estimate of drug-likeness (QED) is 0.428. The summed E-state index contributed by atoms with van der Waals surface area (Å²) in [6.45, 7) is 0.0811. The molecule has 0 aromatic carbocycles. The highest BCUT2D eigenvalue weighted by atomic mass is 35.5. The number of anilines is 2. The van der Waals surface area contributed by atoms with Crippen LogP contribution in [-0.4, -0.2) is 28.1 Å². The fourth-order valence-electron chi connectivity index (χ4n) is 2.04. The van der Waals surface area contributed by atoms with E-state index in [1.54, 1.807) is 0 Å². The highest BCUT2D eigenvalue weighted by molar-refractivity contribution is 6.32. The summed E-state index contributed by atoms with van der Waals surface area (Å²) in [6.07, 6.45) is 5.07. The van der Waals surface area contributed by atoms with E-state index in [4.69, 9.17) is 22.4 Å². The smallest absolute Gasteiger partial charge is 0.221 e. The van der Waals surface area contributed by atoms with Gasteiger partial charge in [-0.2, -0.15) is 4.98 Å². The Hall–Kier alpha value is -1.66. The van der Waals surface area contributed by atoms with Crippen molar-refractivity contribution in [2.45, 2.75) is 12.3 Å². The molecular weight excluding hydrogens is 256 g/mol. The number of hydrogen-bond donors (Lipinski definition) is 3. The lowest BCUT2D eigenvalue weighted by molar-refractivity contribution is -0.105. The second-order valence-corrected chi connectivity index (χ2v) is 4.42. The summed E-state index contributed by atoms with van der Waals surface area (Å²) in [4.78, 5) is 18.5. The van der Waals surface area contributed by atoms with E-state index in [0.29, 0.717) is 24.2 Å². The van der Waals surface area contributed by atoms with Gasteiger partial charge in [-0.25, -0.2) is 4.98 Å². The minimum absolute atomic E-state index is 0.0348. The van der Waals surface area contributed by atoms with E-state index in [2.05, 4.69) is 15.3 Å². The Morgan fingerprint density at radius 2 is 2.33 bits per heavy atom. The molecule has 6 nitrogen and oxygen atoms in total. The molecule has 18 heavy (non-hydrogen) atoms. The number of nitrogens with zero attached hydrogens (tertiary/aromatic N) is 2. The van der Waals surface area contributed by atoms with Crippen LogP contribution >= 0.6 is 11.6 Å². The Morgan fingerprint density at radius 3 is 2.94 bits per heavy atom. The van der Waals surface area contributed by atoms with Gasteiger partial charge in [0.25, 0.3) is 0 Å². The van der Waals surface area contributed by atoms with Crippen LogP contribution in [0.3, 0.4) is 0 Å². The molecule has 0 bridgehead atoms. The Bertz CT molecular complexity index is 492. The fraction of sp³-hybridized carbons (Fsp3) is 0.364. The molecule has 0 fully saturated rings. The number of nitrogens with one attached hydrogen (secondary N) is 1. The molecule has 0 aliphatic heterocycles. The van der Waals surface area contributed by atoms with Crippen molar-refractivity contribution in [1.29, 1.82) is 0 Å². The number of aromatic nitrogens is 2. The number of carbonyl (C=O) groups is 1. The van der Waals surface area contributed by atoms with Gasteiger partial charge in [-0.15, -0.1) is 0 Å². The third-order valence-corrected chi connectivity index (χ3v) is 3.14. The normalized spacial score (nSPS) is 22.1. The molecule has 1 aliphatic carbocycles. The van der Waals surface area contributed by atoms with Crippen molar-refractivity contribution in [2.24, 2.45) is 5.92 Å². The van der Waals surface area contributed by atoms with Gasteiger partial charge in [-0.05, 0) is 6.42 Å². The first-order valence-electron chi connectivity index (χ1n) is 5.48. The number of halogens is 1. The SMILES string of the molecule is Nc1nc(Cl)c(NC=O)c([C@@H]2C=C[C@H](CO)C2)n1. The van der Waals surface area contributed by atoms with Crippen LogP contribution in [0.4, 0.5) is 11.6 Å². The molecule has 1 aromatic heterocycles. The van der Waals surface area contributed by atoms with Crippen LogP contribution in [-0.2, 0) is 4.79 Å². The predicted octanol–water partition coefficient (Wildman–Crippen LogP) is 0.932. The van der Waals surface area contributed by atoms with Gasteiger partial charge >= 0.3 is 0 Å². The van der Waals surface area contributed by atoms with Gasteiger partial charge in [-0.3, -0.25) is 4.79 Å². The summed E-state index contributed by atoms with van der Waals surface area (Å²) in [6, 6.07) is 0. The molecule has 0 saturated heterocycles. The first kappa shape index (κ1) is 12.8. The number of nitrogens with two attached hydrogens (primary N) is 1. The molecule has 0 spiro atoms. The minimum Gasteiger partial charge on any atom is -0.396 e. The van der Waals surface area contributed by atoms with Crippen molar-refractivity contribution in [1.82, 2.24) is 9.97 Å². The largest absolute Gasteiger partial charge is 0.396 e. The maximum Gasteiger partial charge on any atom is 0.221 e. The highest BCUT2D eigenvalue weighted by Crippen LogP contribution is 2.37. The molecule has 2 atom stereocenters. The van der Waals surface area contributed by atoms with Gasteiger partial charge < -0.3 is 16.2 Å². The molecule has 7 heteroatoms. The van der Waals surface area contributed by atoms with Gasteiger partial charge in [0, 0.05) is 18.4 Å². The molecule has 1 aromatic rings. The third-order valence-electron chi connectivity index (χ3n) is 2.87. The van der Waals surface area contributed by atoms with Crippen LogP contribution in [0.15, 0.2) is 12.2 Å². The number of hydrogen-bond acceptors (Lipinski definition) is 5. The number of rotatable bonds is 4. The van der Waals surface area contributed by atoms with Crippen LogP contribution in [0.2, 0.25) is 5.15 Å². The van der Waals surface area contributed by atoms with Crippen LogP contribution in [0.25, 0.3) is 0 Å². The van der Waals surface area contributed by atoms with Crippen LogP contribution in [0.1, 0.15) is 18.0 Å². The molecule has 0 unspecified atom stereocenters. The molecule has 1 amide bonds. The van der Waals surface area contributed by atoms with E-state index in [1.165, 1.54) is 0 Å². The summed E-state index contributed by atoms with van der Waals surface area (Å²) in [5.74, 6) is 0.119. The van der Waals surface area contributed by atoms with Gasteiger partial charge in [0.1, 0.15) is 5.69 Å². The number of carbonyl (C=O) groups excluding carboxylic acids is 1. The van der Waals surface area contributed by atoms with Crippen molar-refractivity contribution < 1.29 is 9.90 Å². The predicted molar refractivity (Wildman–Crippen MR) is 68.2 cm³/mol. The van der Waals surface area contributed by atoms with Gasteiger partial charge in [0.05, 0.1) is 5.69 Å². The van der Waals surface area contributed by atoms with E-state index in [9.17, 15) is 4.79 Å². The van der Waals surface area contributed by atoms with Gasteiger partial charge in [0.2, 0.25) is 12.4 Å². The molecular formula is C11H13ClN4O2. The topological polar surface area (TPSA) is 101 Å². The lowest BCUT2D eigenvalue weighted by Gasteiger charge is -2.15. The third kappa shape index (κ3) is 2.44. The second-order valence-electron chi connectivity index (χ2n) is 4.06. The van der Waals surface area contributed by atoms with E-state index in [-0.39, 0.29) is 29.5 Å². The number of amides is 1. The Kier molecular flexibility index (Phi) is 3.78. The first-order chi connectivity index (χ1) is 8.65. The van der Waals surface area contributed by atoms with E-state index in [0.717, 1.165) is 0 Å². The number of aliphatic hydroxyl groups excluding tert-OH is 1. The van der Waals surface area contributed by atoms with Crippen LogP contribution < -0.4 is 11.1 Å².